The molecule has 0 saturated carbocycles. The molecule has 0 radical (unpaired) electrons. The van der Waals surface area contributed by atoms with Crippen LogP contribution in [0.4, 0.5) is 10.4 Å². The zero-order chi connectivity index (χ0) is 20.9. The van der Waals surface area contributed by atoms with Crippen LogP contribution in [0.15, 0.2) is 57.8 Å². The van der Waals surface area contributed by atoms with Crippen LogP contribution in [-0.4, -0.2) is 30.3 Å². The van der Waals surface area contributed by atoms with Crippen LogP contribution < -0.4 is 5.32 Å². The highest BCUT2D eigenvalue weighted by Crippen LogP contribution is 2.15. The van der Waals surface area contributed by atoms with Crippen molar-refractivity contribution in [3.05, 3.63) is 71.4 Å². The summed E-state index contributed by atoms with van der Waals surface area (Å²) in [6, 6.07) is 12.4. The molecule has 152 valence electrons. The number of aryl methyl sites for hydroxylation is 1. The van der Waals surface area contributed by atoms with Gasteiger partial charge in [-0.25, -0.2) is 12.8 Å². The maximum Gasteiger partial charge on any atom is 0.322 e. The average molecular weight is 417 g/mol. The average Bonchev–Trinajstić information content (AvgIpc) is 3.10. The van der Waals surface area contributed by atoms with E-state index in [9.17, 15) is 17.6 Å². The van der Waals surface area contributed by atoms with Crippen molar-refractivity contribution in [2.24, 2.45) is 0 Å². The third-order valence-electron chi connectivity index (χ3n) is 4.18. The van der Waals surface area contributed by atoms with E-state index in [2.05, 4.69) is 15.5 Å². The van der Waals surface area contributed by atoms with Gasteiger partial charge in [0.2, 0.25) is 11.8 Å². The van der Waals surface area contributed by atoms with Crippen LogP contribution in [0, 0.1) is 12.7 Å². The molecule has 0 fully saturated rings. The third kappa shape index (κ3) is 5.95. The number of amides is 1. The van der Waals surface area contributed by atoms with E-state index in [4.69, 9.17) is 4.42 Å². The molecule has 29 heavy (non-hydrogen) atoms. The fourth-order valence-corrected chi connectivity index (χ4v) is 3.93. The van der Waals surface area contributed by atoms with Gasteiger partial charge in [-0.1, -0.05) is 34.9 Å². The summed E-state index contributed by atoms with van der Waals surface area (Å²) in [5, 5.41) is 10.0. The maximum atomic E-state index is 12.9. The number of carbonyl (C=O) groups is 1. The topological polar surface area (TPSA) is 102 Å². The number of halogens is 1. The molecule has 0 bridgehead atoms. The van der Waals surface area contributed by atoms with E-state index in [0.29, 0.717) is 6.42 Å². The largest absolute Gasteiger partial charge is 0.407 e. The second kappa shape index (κ2) is 8.95. The molecule has 3 rings (SSSR count). The van der Waals surface area contributed by atoms with Gasteiger partial charge in [0.1, 0.15) is 5.82 Å². The number of aromatic nitrogens is 2. The SMILES string of the molecule is Cc1ccc(S(=O)(=O)CCCC(=O)Nc2nnc(Cc3ccc(F)cc3)o2)cc1. The maximum absolute atomic E-state index is 12.9. The number of benzene rings is 2. The van der Waals surface area contributed by atoms with Crippen LogP contribution in [0.1, 0.15) is 29.9 Å². The van der Waals surface area contributed by atoms with Crippen LogP contribution in [-0.2, 0) is 21.1 Å². The highest BCUT2D eigenvalue weighted by molar-refractivity contribution is 7.91. The molecule has 0 aliphatic heterocycles. The van der Waals surface area contributed by atoms with Crippen LogP contribution >= 0.6 is 0 Å². The molecule has 0 spiro atoms. The lowest BCUT2D eigenvalue weighted by molar-refractivity contribution is -0.116. The predicted octanol–water partition coefficient (Wildman–Crippen LogP) is 3.30. The Bertz CT molecular complexity index is 1080. The van der Waals surface area contributed by atoms with Crippen molar-refractivity contribution < 1.29 is 22.0 Å². The lowest BCUT2D eigenvalue weighted by Gasteiger charge is -2.05. The second-order valence-corrected chi connectivity index (χ2v) is 8.70. The van der Waals surface area contributed by atoms with E-state index in [1.807, 2.05) is 6.92 Å². The standard InChI is InChI=1S/C20H20FN3O4S/c1-14-4-10-17(11-5-14)29(26,27)12-2-3-18(25)22-20-24-23-19(28-20)13-15-6-8-16(21)9-7-15/h4-11H,2-3,12-13H2,1H3,(H,22,24,25). The number of carbonyl (C=O) groups excluding carboxylic acids is 1. The number of sulfone groups is 1. The number of nitrogens with zero attached hydrogens (tertiary/aromatic N) is 2. The van der Waals surface area contributed by atoms with Crippen molar-refractivity contribution >= 4 is 21.8 Å². The summed E-state index contributed by atoms with van der Waals surface area (Å²) in [6.07, 6.45) is 0.470. The highest BCUT2D eigenvalue weighted by atomic mass is 32.2. The molecule has 1 amide bonds. The predicted molar refractivity (Wildman–Crippen MR) is 105 cm³/mol. The summed E-state index contributed by atoms with van der Waals surface area (Å²) in [5.74, 6) is -0.616. The van der Waals surface area contributed by atoms with E-state index in [1.165, 1.54) is 12.1 Å². The number of rotatable bonds is 8. The first-order valence-electron chi connectivity index (χ1n) is 8.98. The minimum atomic E-state index is -3.44. The van der Waals surface area contributed by atoms with E-state index in [1.54, 1.807) is 36.4 Å². The highest BCUT2D eigenvalue weighted by Gasteiger charge is 2.16. The molecule has 2 aromatic carbocycles. The van der Waals surface area contributed by atoms with Crippen molar-refractivity contribution in [2.75, 3.05) is 11.1 Å². The molecule has 0 aliphatic carbocycles. The molecule has 0 saturated heterocycles. The van der Waals surface area contributed by atoms with Crippen molar-refractivity contribution in [1.29, 1.82) is 0 Å². The van der Waals surface area contributed by atoms with Crippen molar-refractivity contribution in [1.82, 2.24) is 10.2 Å². The third-order valence-corrected chi connectivity index (χ3v) is 6.00. The van der Waals surface area contributed by atoms with Gasteiger partial charge in [0, 0.05) is 6.42 Å². The lowest BCUT2D eigenvalue weighted by Crippen LogP contribution is -2.14. The smallest absolute Gasteiger partial charge is 0.322 e. The number of nitrogens with one attached hydrogen (secondary N) is 1. The molecule has 1 heterocycles. The Morgan fingerprint density at radius 1 is 1.07 bits per heavy atom. The lowest BCUT2D eigenvalue weighted by atomic mass is 10.1. The molecule has 3 aromatic rings. The van der Waals surface area contributed by atoms with Gasteiger partial charge in [0.25, 0.3) is 0 Å². The first-order chi connectivity index (χ1) is 13.8. The van der Waals surface area contributed by atoms with E-state index in [-0.39, 0.29) is 41.2 Å². The first-order valence-corrected chi connectivity index (χ1v) is 10.6. The fourth-order valence-electron chi connectivity index (χ4n) is 2.62. The summed E-state index contributed by atoms with van der Waals surface area (Å²) >= 11 is 0. The van der Waals surface area contributed by atoms with Gasteiger partial charge < -0.3 is 4.42 Å². The Hall–Kier alpha value is -3.07. The molecule has 0 unspecified atom stereocenters. The summed E-state index contributed by atoms with van der Waals surface area (Å²) in [6.45, 7) is 1.88. The van der Waals surface area contributed by atoms with Crippen LogP contribution in [0.5, 0.6) is 0 Å². The molecule has 0 aliphatic rings. The molecule has 0 atom stereocenters. The zero-order valence-electron chi connectivity index (χ0n) is 15.8. The summed E-state index contributed by atoms with van der Waals surface area (Å²) in [4.78, 5) is 12.3. The fraction of sp³-hybridized carbons (Fsp3) is 0.250. The summed E-state index contributed by atoms with van der Waals surface area (Å²) in [5.41, 5.74) is 1.76. The Morgan fingerprint density at radius 3 is 2.45 bits per heavy atom. The number of hydrogen-bond acceptors (Lipinski definition) is 6. The van der Waals surface area contributed by atoms with Gasteiger partial charge in [0.15, 0.2) is 9.84 Å². The Labute approximate surface area is 167 Å². The summed E-state index contributed by atoms with van der Waals surface area (Å²) < 4.78 is 42.8. The minimum absolute atomic E-state index is 0.000761. The van der Waals surface area contributed by atoms with E-state index < -0.39 is 15.7 Å². The number of anilines is 1. The van der Waals surface area contributed by atoms with Crippen LogP contribution in [0.3, 0.4) is 0 Å². The number of hydrogen-bond donors (Lipinski definition) is 1. The molecular weight excluding hydrogens is 397 g/mol. The van der Waals surface area contributed by atoms with Crippen LogP contribution in [0.2, 0.25) is 0 Å². The van der Waals surface area contributed by atoms with Gasteiger partial charge in [-0.3, -0.25) is 10.1 Å². The normalized spacial score (nSPS) is 11.4. The van der Waals surface area contributed by atoms with Gasteiger partial charge in [-0.2, -0.15) is 0 Å². The molecule has 1 aromatic heterocycles. The Kier molecular flexibility index (Phi) is 6.38. The van der Waals surface area contributed by atoms with Crippen molar-refractivity contribution in [2.45, 2.75) is 31.1 Å². The monoisotopic (exact) mass is 417 g/mol. The molecule has 9 heteroatoms. The Morgan fingerprint density at radius 2 is 1.76 bits per heavy atom. The van der Waals surface area contributed by atoms with Crippen molar-refractivity contribution in [3.8, 4) is 0 Å². The van der Waals surface area contributed by atoms with Gasteiger partial charge >= 0.3 is 6.01 Å². The van der Waals surface area contributed by atoms with E-state index in [0.717, 1.165) is 11.1 Å². The molecule has 1 N–H and O–H groups in total. The van der Waals surface area contributed by atoms with Crippen LogP contribution in [0.25, 0.3) is 0 Å². The van der Waals surface area contributed by atoms with Gasteiger partial charge in [-0.15, -0.1) is 5.10 Å². The Balaban J connectivity index is 1.48. The van der Waals surface area contributed by atoms with Gasteiger partial charge in [-0.05, 0) is 43.2 Å². The minimum Gasteiger partial charge on any atom is -0.407 e. The zero-order valence-corrected chi connectivity index (χ0v) is 16.6. The molecular formula is C20H20FN3O4S. The summed E-state index contributed by atoms with van der Waals surface area (Å²) in [7, 11) is -3.44. The van der Waals surface area contributed by atoms with E-state index >= 15 is 0 Å². The van der Waals surface area contributed by atoms with Gasteiger partial charge in [0.05, 0.1) is 17.1 Å². The molecule has 7 nitrogen and oxygen atoms in total. The van der Waals surface area contributed by atoms with Crippen molar-refractivity contribution in [3.63, 3.8) is 0 Å². The second-order valence-electron chi connectivity index (χ2n) is 6.59. The first kappa shape index (κ1) is 20.7. The quantitative estimate of drug-likeness (QED) is 0.603.